The molecule has 24 heavy (non-hydrogen) atoms. The molecule has 10 heteroatoms. The number of alkyl halides is 6. The van der Waals surface area contributed by atoms with Gasteiger partial charge in [-0.2, -0.15) is 0 Å². The Morgan fingerprint density at radius 2 is 1.08 bits per heavy atom. The zero-order chi connectivity index (χ0) is 18.0. The van der Waals surface area contributed by atoms with Crippen molar-refractivity contribution in [3.05, 3.63) is 48.5 Å². The fourth-order valence-corrected chi connectivity index (χ4v) is 2.83. The van der Waals surface area contributed by atoms with Gasteiger partial charge in [0.05, 0.1) is 0 Å². The van der Waals surface area contributed by atoms with Crippen LogP contribution >= 0.6 is 0 Å². The summed E-state index contributed by atoms with van der Waals surface area (Å²) < 4.78 is 92.9. The van der Waals surface area contributed by atoms with E-state index in [2.05, 4.69) is 9.47 Å². The number of halogens is 6. The lowest BCUT2D eigenvalue weighted by Crippen LogP contribution is -2.17. The number of hydrogen-bond donors (Lipinski definition) is 0. The Morgan fingerprint density at radius 1 is 0.708 bits per heavy atom. The van der Waals surface area contributed by atoms with E-state index in [1.807, 2.05) is 0 Å². The number of hydrogen-bond acceptors (Lipinski definition) is 3. The fraction of sp³-hybridized carbons (Fsp3) is 0.143. The molecular formula is C14H8F6O3S. The average Bonchev–Trinajstić information content (AvgIpc) is 2.43. The Balaban J connectivity index is 2.24. The first-order valence-electron chi connectivity index (χ1n) is 6.17. The minimum atomic E-state index is -4.92. The molecule has 2 rings (SSSR count). The first-order chi connectivity index (χ1) is 11.0. The Hall–Kier alpha value is -2.07. The topological polar surface area (TPSA) is 41.5 Å². The molecular weight excluding hydrogens is 362 g/mol. The second-order valence-electron chi connectivity index (χ2n) is 4.31. The molecule has 0 saturated heterocycles. The molecule has 0 aliphatic heterocycles. The van der Waals surface area contributed by atoms with Gasteiger partial charge in [-0.3, -0.25) is 0 Å². The molecule has 0 aromatic heterocycles. The second-order valence-corrected chi connectivity index (χ2v) is 5.79. The van der Waals surface area contributed by atoms with Crippen LogP contribution in [-0.2, 0) is 11.2 Å². The Kier molecular flexibility index (Phi) is 5.19. The lowest BCUT2D eigenvalue weighted by molar-refractivity contribution is -0.275. The summed E-state index contributed by atoms with van der Waals surface area (Å²) in [6.07, 6.45) is -9.83. The minimum Gasteiger partial charge on any atom is -0.606 e. The van der Waals surface area contributed by atoms with E-state index in [1.54, 1.807) is 0 Å². The second kappa shape index (κ2) is 6.81. The Bertz CT molecular complexity index is 642. The van der Waals surface area contributed by atoms with Crippen LogP contribution in [0, 0.1) is 0 Å². The Labute approximate surface area is 135 Å². The summed E-state index contributed by atoms with van der Waals surface area (Å²) in [5, 5.41) is 0. The van der Waals surface area contributed by atoms with Gasteiger partial charge in [0.1, 0.15) is 11.5 Å². The van der Waals surface area contributed by atoms with Crippen LogP contribution in [0.5, 0.6) is 11.5 Å². The van der Waals surface area contributed by atoms with E-state index in [0.717, 1.165) is 24.3 Å². The predicted octanol–water partition coefficient (Wildman–Crippen LogP) is 4.65. The van der Waals surface area contributed by atoms with Gasteiger partial charge in [-0.05, 0) is 24.3 Å². The fourth-order valence-electron chi connectivity index (χ4n) is 1.71. The van der Waals surface area contributed by atoms with E-state index < -0.39 is 35.4 Å². The lowest BCUT2D eigenvalue weighted by Gasteiger charge is -2.14. The van der Waals surface area contributed by atoms with Crippen molar-refractivity contribution >= 4 is 11.2 Å². The molecule has 2 aromatic rings. The standard InChI is InChI=1S/C14H8F6O3S/c15-13(16,17)22-9-3-1-5-11(7-9)24(21)12-6-2-4-10(8-12)23-14(18,19)20/h1-8H. The predicted molar refractivity (Wildman–Crippen MR) is 70.9 cm³/mol. The molecule has 0 saturated carbocycles. The SMILES string of the molecule is [O-][S+](c1cccc(OC(F)(F)F)c1)c1cccc(OC(F)(F)F)c1. The third-order valence-electron chi connectivity index (χ3n) is 2.51. The zero-order valence-corrected chi connectivity index (χ0v) is 12.3. The van der Waals surface area contributed by atoms with E-state index in [0.29, 0.717) is 0 Å². The van der Waals surface area contributed by atoms with Crippen molar-refractivity contribution < 1.29 is 40.4 Å². The Morgan fingerprint density at radius 3 is 1.42 bits per heavy atom. The van der Waals surface area contributed by atoms with Crippen LogP contribution in [0.3, 0.4) is 0 Å². The van der Waals surface area contributed by atoms with Crippen molar-refractivity contribution in [1.82, 2.24) is 0 Å². The van der Waals surface area contributed by atoms with Crippen LogP contribution in [-0.4, -0.2) is 17.3 Å². The number of rotatable bonds is 4. The van der Waals surface area contributed by atoms with Gasteiger partial charge in [-0.1, -0.05) is 12.1 Å². The van der Waals surface area contributed by atoms with Crippen LogP contribution < -0.4 is 9.47 Å². The largest absolute Gasteiger partial charge is 0.606 e. The molecule has 0 atom stereocenters. The van der Waals surface area contributed by atoms with Gasteiger partial charge in [0, 0.05) is 23.3 Å². The minimum absolute atomic E-state index is 0.0686. The zero-order valence-electron chi connectivity index (χ0n) is 11.5. The highest BCUT2D eigenvalue weighted by atomic mass is 32.2. The van der Waals surface area contributed by atoms with E-state index in [1.165, 1.54) is 24.3 Å². The molecule has 3 nitrogen and oxygen atoms in total. The van der Waals surface area contributed by atoms with Gasteiger partial charge in [-0.15, -0.1) is 26.3 Å². The third-order valence-corrected chi connectivity index (χ3v) is 3.87. The van der Waals surface area contributed by atoms with Crippen LogP contribution in [0.1, 0.15) is 0 Å². The van der Waals surface area contributed by atoms with Gasteiger partial charge in [0.25, 0.3) is 0 Å². The van der Waals surface area contributed by atoms with Gasteiger partial charge in [0.15, 0.2) is 9.79 Å². The van der Waals surface area contributed by atoms with E-state index in [4.69, 9.17) is 0 Å². The van der Waals surface area contributed by atoms with Crippen molar-refractivity contribution in [2.75, 3.05) is 0 Å². The van der Waals surface area contributed by atoms with Crippen LogP contribution in [0.4, 0.5) is 26.3 Å². The molecule has 0 heterocycles. The van der Waals surface area contributed by atoms with Gasteiger partial charge >= 0.3 is 12.7 Å². The van der Waals surface area contributed by atoms with E-state index >= 15 is 0 Å². The summed E-state index contributed by atoms with van der Waals surface area (Å²) in [6.45, 7) is 0. The van der Waals surface area contributed by atoms with Crippen molar-refractivity contribution in [3.63, 3.8) is 0 Å². The number of benzene rings is 2. The molecule has 0 fully saturated rings. The quantitative estimate of drug-likeness (QED) is 0.581. The van der Waals surface area contributed by atoms with Crippen molar-refractivity contribution in [3.8, 4) is 11.5 Å². The third kappa shape index (κ3) is 5.53. The lowest BCUT2D eigenvalue weighted by atomic mass is 10.3. The normalized spacial score (nSPS) is 12.3. The molecule has 130 valence electrons. The molecule has 0 unspecified atom stereocenters. The first kappa shape index (κ1) is 18.3. The molecule has 0 bridgehead atoms. The molecule has 0 amide bonds. The average molecular weight is 370 g/mol. The van der Waals surface area contributed by atoms with Crippen molar-refractivity contribution in [2.24, 2.45) is 0 Å². The maximum atomic E-state index is 12.3. The maximum Gasteiger partial charge on any atom is 0.573 e. The maximum absolute atomic E-state index is 12.3. The van der Waals surface area contributed by atoms with Gasteiger partial charge in [0.2, 0.25) is 0 Å². The molecule has 0 aliphatic rings. The van der Waals surface area contributed by atoms with Crippen LogP contribution in [0.25, 0.3) is 0 Å². The highest BCUT2D eigenvalue weighted by Gasteiger charge is 2.32. The summed E-state index contributed by atoms with van der Waals surface area (Å²) in [7, 11) is 0. The molecule has 0 spiro atoms. The van der Waals surface area contributed by atoms with E-state index in [-0.39, 0.29) is 9.79 Å². The summed E-state index contributed by atoms with van der Waals surface area (Å²) in [6, 6.07) is 8.69. The molecule has 0 N–H and O–H groups in total. The monoisotopic (exact) mass is 370 g/mol. The highest BCUT2D eigenvalue weighted by Crippen LogP contribution is 2.30. The summed E-state index contributed by atoms with van der Waals surface area (Å²) >= 11 is -2.02. The smallest absolute Gasteiger partial charge is 0.573 e. The highest BCUT2D eigenvalue weighted by molar-refractivity contribution is 7.91. The number of ether oxygens (including phenoxy) is 2. The van der Waals surface area contributed by atoms with Crippen LogP contribution in [0.2, 0.25) is 0 Å². The van der Waals surface area contributed by atoms with Crippen molar-refractivity contribution in [1.29, 1.82) is 0 Å². The molecule has 2 aromatic carbocycles. The van der Waals surface area contributed by atoms with Gasteiger partial charge in [-0.25, -0.2) is 0 Å². The van der Waals surface area contributed by atoms with E-state index in [9.17, 15) is 30.9 Å². The summed E-state index contributed by atoms with van der Waals surface area (Å²) in [5.41, 5.74) is 0. The molecule has 0 aliphatic carbocycles. The van der Waals surface area contributed by atoms with Crippen LogP contribution in [0.15, 0.2) is 58.3 Å². The summed E-state index contributed by atoms with van der Waals surface area (Å²) in [5.74, 6) is -1.17. The summed E-state index contributed by atoms with van der Waals surface area (Å²) in [4.78, 5) is -0.137. The van der Waals surface area contributed by atoms with Crippen molar-refractivity contribution in [2.45, 2.75) is 22.5 Å². The van der Waals surface area contributed by atoms with Gasteiger partial charge < -0.3 is 14.0 Å². The first-order valence-corrected chi connectivity index (χ1v) is 7.32. The molecule has 0 radical (unpaired) electrons.